The highest BCUT2D eigenvalue weighted by atomic mass is 19.1. The van der Waals surface area contributed by atoms with Gasteiger partial charge in [-0.3, -0.25) is 4.79 Å². The van der Waals surface area contributed by atoms with E-state index in [1.54, 1.807) is 37.1 Å². The first-order valence-corrected chi connectivity index (χ1v) is 10.3. The quantitative estimate of drug-likeness (QED) is 0.506. The predicted molar refractivity (Wildman–Crippen MR) is 119 cm³/mol. The van der Waals surface area contributed by atoms with Crippen LogP contribution in [0.25, 0.3) is 5.83 Å². The minimum atomic E-state index is -0.340. The van der Waals surface area contributed by atoms with Crippen LogP contribution in [0.2, 0.25) is 0 Å². The van der Waals surface area contributed by atoms with E-state index in [4.69, 9.17) is 4.74 Å². The van der Waals surface area contributed by atoms with Gasteiger partial charge in [0.2, 0.25) is 0 Å². The van der Waals surface area contributed by atoms with E-state index in [1.807, 2.05) is 13.0 Å². The molecule has 0 saturated heterocycles. The van der Waals surface area contributed by atoms with Crippen LogP contribution in [-0.4, -0.2) is 31.5 Å². The predicted octanol–water partition coefficient (Wildman–Crippen LogP) is 6.57. The number of nitrogens with zero attached hydrogens (tertiary/aromatic N) is 1. The number of hydrogen-bond donors (Lipinski definition) is 0. The fourth-order valence-electron chi connectivity index (χ4n) is 3.87. The fourth-order valence-corrected chi connectivity index (χ4v) is 3.87. The van der Waals surface area contributed by atoms with Gasteiger partial charge < -0.3 is 9.64 Å². The molecule has 4 heteroatoms. The van der Waals surface area contributed by atoms with Crippen molar-refractivity contribution < 1.29 is 13.9 Å². The number of halogens is 1. The Balaban J connectivity index is 2.38. The Morgan fingerprint density at radius 2 is 2.03 bits per heavy atom. The van der Waals surface area contributed by atoms with Crippen molar-refractivity contribution in [3.63, 3.8) is 0 Å². The van der Waals surface area contributed by atoms with E-state index >= 15 is 4.39 Å². The van der Waals surface area contributed by atoms with Crippen LogP contribution >= 0.6 is 0 Å². The van der Waals surface area contributed by atoms with Gasteiger partial charge in [-0.05, 0) is 74.8 Å². The molecule has 1 aliphatic rings. The molecule has 1 aromatic carbocycles. The van der Waals surface area contributed by atoms with Gasteiger partial charge in [0, 0.05) is 19.2 Å². The lowest BCUT2D eigenvalue weighted by atomic mass is 9.72. The van der Waals surface area contributed by atoms with E-state index in [-0.39, 0.29) is 17.1 Å². The lowest BCUT2D eigenvalue weighted by molar-refractivity contribution is 0.0802. The Bertz CT molecular complexity index is 862. The van der Waals surface area contributed by atoms with Crippen LogP contribution in [0.5, 0.6) is 5.75 Å². The van der Waals surface area contributed by atoms with Gasteiger partial charge in [0.05, 0.1) is 12.7 Å². The van der Waals surface area contributed by atoms with Crippen molar-refractivity contribution in [1.82, 2.24) is 4.90 Å². The molecule has 1 aliphatic carbocycles. The summed E-state index contributed by atoms with van der Waals surface area (Å²) < 4.78 is 20.6. The van der Waals surface area contributed by atoms with Gasteiger partial charge in [0.15, 0.2) is 0 Å². The molecule has 0 saturated carbocycles. The highest BCUT2D eigenvalue weighted by molar-refractivity contribution is 5.95. The molecular formula is C25H34FNO2. The lowest BCUT2D eigenvalue weighted by Crippen LogP contribution is -2.26. The van der Waals surface area contributed by atoms with Crippen molar-refractivity contribution >= 4 is 11.7 Å². The molecule has 0 fully saturated rings. The monoisotopic (exact) mass is 399 g/mol. The number of hydrogen-bond acceptors (Lipinski definition) is 2. The zero-order valence-corrected chi connectivity index (χ0v) is 18.9. The Labute approximate surface area is 174 Å². The van der Waals surface area contributed by atoms with Crippen molar-refractivity contribution in [1.29, 1.82) is 0 Å². The maximum absolute atomic E-state index is 15.2. The number of benzene rings is 1. The number of rotatable bonds is 6. The van der Waals surface area contributed by atoms with Gasteiger partial charge in [-0.2, -0.15) is 0 Å². The molecule has 0 spiro atoms. The average molecular weight is 400 g/mol. The maximum atomic E-state index is 15.2. The molecule has 2 rings (SSSR count). The summed E-state index contributed by atoms with van der Waals surface area (Å²) in [6.07, 6.45) is 7.36. The average Bonchev–Trinajstić information content (AvgIpc) is 2.70. The molecule has 158 valence electrons. The number of amides is 1. The third kappa shape index (κ3) is 5.17. The van der Waals surface area contributed by atoms with Crippen LogP contribution in [0.1, 0.15) is 69.8 Å². The van der Waals surface area contributed by atoms with E-state index in [0.717, 1.165) is 12.8 Å². The SMILES string of the molecule is CCN(C)C(=O)c1ccc(C(F)=C(C)C=CC2=C(C)CCCC2(C)C)c(OC)c1. The van der Waals surface area contributed by atoms with Crippen molar-refractivity contribution in [2.24, 2.45) is 5.41 Å². The van der Waals surface area contributed by atoms with Crippen LogP contribution in [0.3, 0.4) is 0 Å². The van der Waals surface area contributed by atoms with Crippen LogP contribution in [0.4, 0.5) is 4.39 Å². The molecule has 0 atom stereocenters. The summed E-state index contributed by atoms with van der Waals surface area (Å²) in [6.45, 7) is 10.9. The molecule has 0 aromatic heterocycles. The van der Waals surface area contributed by atoms with Gasteiger partial charge in [-0.15, -0.1) is 0 Å². The van der Waals surface area contributed by atoms with Crippen molar-refractivity contribution in [2.45, 2.75) is 53.9 Å². The van der Waals surface area contributed by atoms with Gasteiger partial charge >= 0.3 is 0 Å². The van der Waals surface area contributed by atoms with Crippen molar-refractivity contribution in [3.8, 4) is 5.75 Å². The highest BCUT2D eigenvalue weighted by Crippen LogP contribution is 2.41. The second kappa shape index (κ2) is 9.43. The van der Waals surface area contributed by atoms with E-state index in [1.165, 1.54) is 24.7 Å². The Morgan fingerprint density at radius 1 is 1.34 bits per heavy atom. The minimum Gasteiger partial charge on any atom is -0.496 e. The largest absolute Gasteiger partial charge is 0.496 e. The Kier molecular flexibility index (Phi) is 7.45. The smallest absolute Gasteiger partial charge is 0.253 e. The van der Waals surface area contributed by atoms with Gasteiger partial charge in [-0.1, -0.05) is 31.6 Å². The van der Waals surface area contributed by atoms with Crippen LogP contribution in [-0.2, 0) is 0 Å². The highest BCUT2D eigenvalue weighted by Gasteiger charge is 2.26. The molecule has 1 aromatic rings. The number of carbonyl (C=O) groups excluding carboxylic acids is 1. The molecule has 0 bridgehead atoms. The zero-order chi connectivity index (χ0) is 21.8. The van der Waals surface area contributed by atoms with Crippen molar-refractivity contribution in [2.75, 3.05) is 20.7 Å². The van der Waals surface area contributed by atoms with Crippen molar-refractivity contribution in [3.05, 3.63) is 58.2 Å². The Hall–Kier alpha value is -2.36. The van der Waals surface area contributed by atoms with Crippen LogP contribution < -0.4 is 4.74 Å². The number of allylic oxidation sites excluding steroid dienone is 5. The number of carbonyl (C=O) groups is 1. The summed E-state index contributed by atoms with van der Waals surface area (Å²) in [6, 6.07) is 4.88. The summed E-state index contributed by atoms with van der Waals surface area (Å²) >= 11 is 0. The fraction of sp³-hybridized carbons (Fsp3) is 0.480. The number of ether oxygens (including phenoxy) is 1. The van der Waals surface area contributed by atoms with E-state index < -0.39 is 0 Å². The normalized spacial score (nSPS) is 17.4. The first-order valence-electron chi connectivity index (χ1n) is 10.3. The summed E-state index contributed by atoms with van der Waals surface area (Å²) in [7, 11) is 3.23. The molecule has 0 aliphatic heterocycles. The zero-order valence-electron chi connectivity index (χ0n) is 18.9. The van der Waals surface area contributed by atoms with Gasteiger partial charge in [0.1, 0.15) is 11.6 Å². The second-order valence-corrected chi connectivity index (χ2v) is 8.50. The van der Waals surface area contributed by atoms with Gasteiger partial charge in [0.25, 0.3) is 5.91 Å². The minimum absolute atomic E-state index is 0.111. The molecule has 3 nitrogen and oxygen atoms in total. The first-order chi connectivity index (χ1) is 13.6. The second-order valence-electron chi connectivity index (χ2n) is 8.50. The first kappa shape index (κ1) is 22.9. The molecular weight excluding hydrogens is 365 g/mol. The lowest BCUT2D eigenvalue weighted by Gasteiger charge is -2.33. The van der Waals surface area contributed by atoms with Crippen LogP contribution in [0.15, 0.2) is 47.1 Å². The van der Waals surface area contributed by atoms with E-state index in [9.17, 15) is 4.79 Å². The van der Waals surface area contributed by atoms with E-state index in [0.29, 0.717) is 29.0 Å². The third-order valence-corrected chi connectivity index (χ3v) is 5.89. The topological polar surface area (TPSA) is 29.5 Å². The molecule has 0 unspecified atom stereocenters. The standard InChI is InChI=1S/C25H34FNO2/c1-8-27(6)24(28)19-12-13-20(22(16-19)29-7)23(26)18(3)11-14-21-17(2)10-9-15-25(21,4)5/h11-14,16H,8-10,15H2,1-7H3. The molecule has 0 N–H and O–H groups in total. The molecule has 0 heterocycles. The number of methoxy groups -OCH3 is 1. The van der Waals surface area contributed by atoms with Crippen LogP contribution in [0, 0.1) is 5.41 Å². The molecule has 29 heavy (non-hydrogen) atoms. The Morgan fingerprint density at radius 3 is 2.62 bits per heavy atom. The van der Waals surface area contributed by atoms with E-state index in [2.05, 4.69) is 26.8 Å². The third-order valence-electron chi connectivity index (χ3n) is 5.89. The summed E-state index contributed by atoms with van der Waals surface area (Å²) in [5, 5.41) is 0. The summed E-state index contributed by atoms with van der Waals surface area (Å²) in [5.74, 6) is -0.0906. The summed E-state index contributed by atoms with van der Waals surface area (Å²) in [5.41, 5.74) is 4.17. The molecule has 1 amide bonds. The van der Waals surface area contributed by atoms with Gasteiger partial charge in [-0.25, -0.2) is 4.39 Å². The molecule has 0 radical (unpaired) electrons. The summed E-state index contributed by atoms with van der Waals surface area (Å²) in [4.78, 5) is 14.0. The maximum Gasteiger partial charge on any atom is 0.253 e.